The van der Waals surface area contributed by atoms with E-state index in [1.165, 1.54) is 6.33 Å². The highest BCUT2D eigenvalue weighted by molar-refractivity contribution is 6.35. The Hall–Kier alpha value is -3.10. The van der Waals surface area contributed by atoms with E-state index >= 15 is 0 Å². The van der Waals surface area contributed by atoms with Crippen LogP contribution in [-0.2, 0) is 9.59 Å². The first-order valence-electron chi connectivity index (χ1n) is 8.66. The standard InChI is InChI=1S/C19H15Cl2N5O3/c20-12-5-13(21)7-14(6-12)24-18(28)9-29-15-3-1-11(2-4-15)16-8-17(27)25-19-22-10-23-26(16)19/h1-7,10,16H,8-9H2,(H,24,28)(H,22,23,25,27)/t16-/m0/s1. The van der Waals surface area contributed by atoms with Crippen molar-refractivity contribution in [3.05, 3.63) is 64.4 Å². The number of rotatable bonds is 5. The maximum atomic E-state index is 12.1. The number of ether oxygens (including phenoxy) is 1. The molecule has 0 saturated heterocycles. The smallest absolute Gasteiger partial charge is 0.262 e. The number of carbonyl (C=O) groups is 2. The Morgan fingerprint density at radius 2 is 1.93 bits per heavy atom. The molecule has 3 aromatic rings. The molecule has 1 aliphatic heterocycles. The van der Waals surface area contributed by atoms with Gasteiger partial charge in [0.15, 0.2) is 6.61 Å². The number of fused-ring (bicyclic) bond motifs is 1. The van der Waals surface area contributed by atoms with E-state index in [-0.39, 0.29) is 30.9 Å². The number of anilines is 2. The van der Waals surface area contributed by atoms with Crippen molar-refractivity contribution in [2.24, 2.45) is 0 Å². The highest BCUT2D eigenvalue weighted by Gasteiger charge is 2.27. The summed E-state index contributed by atoms with van der Waals surface area (Å²) in [6.07, 6.45) is 1.66. The summed E-state index contributed by atoms with van der Waals surface area (Å²) in [4.78, 5) is 28.0. The summed E-state index contributed by atoms with van der Waals surface area (Å²) in [6, 6.07) is 11.7. The molecule has 8 nitrogen and oxygen atoms in total. The molecular weight excluding hydrogens is 417 g/mol. The Balaban J connectivity index is 1.38. The molecule has 0 radical (unpaired) electrons. The lowest BCUT2D eigenvalue weighted by Crippen LogP contribution is -2.29. The number of amides is 2. The molecule has 10 heteroatoms. The third kappa shape index (κ3) is 4.49. The summed E-state index contributed by atoms with van der Waals surface area (Å²) in [5.74, 6) is 0.480. The van der Waals surface area contributed by atoms with Gasteiger partial charge in [-0.05, 0) is 35.9 Å². The van der Waals surface area contributed by atoms with Crippen molar-refractivity contribution in [2.75, 3.05) is 17.2 Å². The quantitative estimate of drug-likeness (QED) is 0.643. The van der Waals surface area contributed by atoms with Crippen molar-refractivity contribution in [3.8, 4) is 5.75 Å². The van der Waals surface area contributed by atoms with Crippen LogP contribution in [0, 0.1) is 0 Å². The van der Waals surface area contributed by atoms with Crippen molar-refractivity contribution < 1.29 is 14.3 Å². The third-order valence-corrected chi connectivity index (χ3v) is 4.72. The molecule has 29 heavy (non-hydrogen) atoms. The van der Waals surface area contributed by atoms with Crippen LogP contribution in [0.15, 0.2) is 48.8 Å². The van der Waals surface area contributed by atoms with Gasteiger partial charge in [-0.1, -0.05) is 35.3 Å². The highest BCUT2D eigenvalue weighted by Crippen LogP contribution is 2.29. The Bertz CT molecular complexity index is 1050. The average molecular weight is 432 g/mol. The van der Waals surface area contributed by atoms with Crippen LogP contribution in [0.3, 0.4) is 0 Å². The highest BCUT2D eigenvalue weighted by atomic mass is 35.5. The number of carbonyl (C=O) groups excluding carboxylic acids is 2. The molecule has 1 atom stereocenters. The number of halogens is 2. The lowest BCUT2D eigenvalue weighted by molar-refractivity contribution is -0.118. The minimum atomic E-state index is -0.344. The van der Waals surface area contributed by atoms with Gasteiger partial charge in [-0.15, -0.1) is 0 Å². The fourth-order valence-electron chi connectivity index (χ4n) is 3.02. The van der Waals surface area contributed by atoms with Crippen LogP contribution in [0.4, 0.5) is 11.6 Å². The fourth-order valence-corrected chi connectivity index (χ4v) is 3.55. The van der Waals surface area contributed by atoms with Crippen LogP contribution in [-0.4, -0.2) is 33.2 Å². The van der Waals surface area contributed by atoms with Crippen molar-refractivity contribution >= 4 is 46.7 Å². The van der Waals surface area contributed by atoms with Gasteiger partial charge in [-0.25, -0.2) is 4.68 Å². The monoisotopic (exact) mass is 431 g/mol. The molecule has 2 heterocycles. The Morgan fingerprint density at radius 3 is 2.66 bits per heavy atom. The number of nitrogens with zero attached hydrogens (tertiary/aromatic N) is 3. The second-order valence-corrected chi connectivity index (χ2v) is 7.23. The van der Waals surface area contributed by atoms with E-state index in [1.807, 2.05) is 12.1 Å². The first kappa shape index (κ1) is 19.2. The summed E-state index contributed by atoms with van der Waals surface area (Å²) in [6.45, 7) is -0.178. The molecule has 0 fully saturated rings. The van der Waals surface area contributed by atoms with E-state index in [1.54, 1.807) is 35.0 Å². The maximum Gasteiger partial charge on any atom is 0.262 e. The van der Waals surface area contributed by atoms with E-state index in [4.69, 9.17) is 27.9 Å². The molecule has 2 N–H and O–H groups in total. The van der Waals surface area contributed by atoms with E-state index < -0.39 is 0 Å². The van der Waals surface area contributed by atoms with Crippen LogP contribution in [0.25, 0.3) is 0 Å². The molecule has 1 aliphatic rings. The van der Waals surface area contributed by atoms with Crippen LogP contribution >= 0.6 is 23.2 Å². The lowest BCUT2D eigenvalue weighted by atomic mass is 10.0. The van der Waals surface area contributed by atoms with Gasteiger partial charge < -0.3 is 10.1 Å². The minimum absolute atomic E-state index is 0.117. The van der Waals surface area contributed by atoms with Crippen molar-refractivity contribution in [1.29, 1.82) is 0 Å². The van der Waals surface area contributed by atoms with Crippen molar-refractivity contribution in [2.45, 2.75) is 12.5 Å². The van der Waals surface area contributed by atoms with Gasteiger partial charge in [0.1, 0.15) is 12.1 Å². The molecule has 2 aromatic carbocycles. The number of hydrogen-bond donors (Lipinski definition) is 2. The third-order valence-electron chi connectivity index (χ3n) is 4.28. The minimum Gasteiger partial charge on any atom is -0.484 e. The molecule has 0 spiro atoms. The van der Waals surface area contributed by atoms with Gasteiger partial charge in [0.25, 0.3) is 5.91 Å². The fraction of sp³-hybridized carbons (Fsp3) is 0.158. The van der Waals surface area contributed by atoms with Crippen LogP contribution < -0.4 is 15.4 Å². The molecule has 4 rings (SSSR count). The van der Waals surface area contributed by atoms with Gasteiger partial charge in [-0.3, -0.25) is 14.9 Å². The SMILES string of the molecule is O=C(COc1ccc([C@@H]2CC(=O)Nc3ncnn32)cc1)Nc1cc(Cl)cc(Cl)c1. The predicted octanol–water partition coefficient (Wildman–Crippen LogP) is 3.53. The zero-order valence-corrected chi connectivity index (χ0v) is 16.4. The molecule has 1 aromatic heterocycles. The number of nitrogens with one attached hydrogen (secondary N) is 2. The average Bonchev–Trinajstić information content (AvgIpc) is 3.13. The van der Waals surface area contributed by atoms with E-state index in [9.17, 15) is 9.59 Å². The molecule has 0 unspecified atom stereocenters. The van der Waals surface area contributed by atoms with Gasteiger partial charge in [0, 0.05) is 15.7 Å². The topological polar surface area (TPSA) is 98.1 Å². The summed E-state index contributed by atoms with van der Waals surface area (Å²) < 4.78 is 7.19. The van der Waals surface area contributed by atoms with Crippen molar-refractivity contribution in [3.63, 3.8) is 0 Å². The molecule has 0 saturated carbocycles. The Kier molecular flexibility index (Phi) is 5.37. The summed E-state index contributed by atoms with van der Waals surface area (Å²) in [5.41, 5.74) is 1.38. The first-order valence-corrected chi connectivity index (χ1v) is 9.41. The summed E-state index contributed by atoms with van der Waals surface area (Å²) in [7, 11) is 0. The number of aromatic nitrogens is 3. The van der Waals surface area contributed by atoms with Gasteiger partial charge in [0.2, 0.25) is 11.9 Å². The van der Waals surface area contributed by atoms with Gasteiger partial charge in [0.05, 0.1) is 12.5 Å². The summed E-state index contributed by atoms with van der Waals surface area (Å²) in [5, 5.41) is 10.4. The number of benzene rings is 2. The summed E-state index contributed by atoms with van der Waals surface area (Å²) >= 11 is 11.8. The normalized spacial score (nSPS) is 15.4. The maximum absolute atomic E-state index is 12.1. The van der Waals surface area contributed by atoms with Gasteiger partial charge in [-0.2, -0.15) is 10.1 Å². The van der Waals surface area contributed by atoms with E-state index in [0.29, 0.717) is 27.4 Å². The van der Waals surface area contributed by atoms with Crippen molar-refractivity contribution in [1.82, 2.24) is 14.8 Å². The van der Waals surface area contributed by atoms with E-state index in [0.717, 1.165) is 5.56 Å². The predicted molar refractivity (Wildman–Crippen MR) is 108 cm³/mol. The molecule has 0 aliphatic carbocycles. The lowest BCUT2D eigenvalue weighted by Gasteiger charge is -2.23. The molecular formula is C19H15Cl2N5O3. The zero-order valence-electron chi connectivity index (χ0n) is 14.9. The van der Waals surface area contributed by atoms with Crippen LogP contribution in [0.1, 0.15) is 18.0 Å². The number of hydrogen-bond acceptors (Lipinski definition) is 5. The largest absolute Gasteiger partial charge is 0.484 e. The van der Waals surface area contributed by atoms with Gasteiger partial charge >= 0.3 is 0 Å². The second-order valence-electron chi connectivity index (χ2n) is 6.36. The van der Waals surface area contributed by atoms with Crippen LogP contribution in [0.2, 0.25) is 10.0 Å². The zero-order chi connectivity index (χ0) is 20.4. The molecule has 148 valence electrons. The second kappa shape index (κ2) is 8.10. The Labute approximate surface area is 175 Å². The Morgan fingerprint density at radius 1 is 1.21 bits per heavy atom. The van der Waals surface area contributed by atoms with Crippen LogP contribution in [0.5, 0.6) is 5.75 Å². The molecule has 0 bridgehead atoms. The molecule has 2 amide bonds. The first-order chi connectivity index (χ1) is 14.0. The van der Waals surface area contributed by atoms with E-state index in [2.05, 4.69) is 20.7 Å².